The Morgan fingerprint density at radius 2 is 2.09 bits per heavy atom. The van der Waals surface area contributed by atoms with Gasteiger partial charge in [-0.25, -0.2) is 4.98 Å². The molecule has 1 aliphatic carbocycles. The third-order valence-corrected chi connectivity index (χ3v) is 5.96. The van der Waals surface area contributed by atoms with E-state index >= 15 is 0 Å². The van der Waals surface area contributed by atoms with Crippen LogP contribution in [0.4, 0.5) is 0 Å². The van der Waals surface area contributed by atoms with Crippen molar-refractivity contribution in [3.8, 4) is 0 Å². The van der Waals surface area contributed by atoms with Gasteiger partial charge < -0.3 is 4.98 Å². The van der Waals surface area contributed by atoms with Crippen molar-refractivity contribution in [1.82, 2.24) is 9.97 Å². The Morgan fingerprint density at radius 3 is 2.95 bits per heavy atom. The zero-order chi connectivity index (χ0) is 14.9. The quantitative estimate of drug-likeness (QED) is 0.705. The van der Waals surface area contributed by atoms with Crippen LogP contribution in [0.1, 0.15) is 41.1 Å². The average molecular weight is 328 g/mol. The summed E-state index contributed by atoms with van der Waals surface area (Å²) in [4.78, 5) is 22.3. The molecule has 0 radical (unpaired) electrons. The van der Waals surface area contributed by atoms with E-state index in [1.54, 1.807) is 22.7 Å². The predicted octanol–water partition coefficient (Wildman–Crippen LogP) is 4.49. The van der Waals surface area contributed by atoms with Crippen LogP contribution >= 0.6 is 22.7 Å². The molecule has 0 amide bonds. The number of aromatic amines is 1. The number of nitrogens with one attached hydrogen (secondary N) is 1. The van der Waals surface area contributed by atoms with Gasteiger partial charge in [0.1, 0.15) is 10.7 Å². The topological polar surface area (TPSA) is 45.8 Å². The van der Waals surface area contributed by atoms with Crippen molar-refractivity contribution >= 4 is 45.0 Å². The van der Waals surface area contributed by atoms with Gasteiger partial charge in [-0.3, -0.25) is 4.79 Å². The number of rotatable bonds is 2. The second-order valence-corrected chi connectivity index (χ2v) is 7.45. The molecule has 1 N–H and O–H groups in total. The molecule has 0 unspecified atom stereocenters. The maximum absolute atomic E-state index is 12.5. The highest BCUT2D eigenvalue weighted by molar-refractivity contribution is 7.18. The summed E-state index contributed by atoms with van der Waals surface area (Å²) in [6.07, 6.45) is 9.64. The number of aryl methyl sites for hydroxylation is 2. The smallest absolute Gasteiger partial charge is 0.260 e. The van der Waals surface area contributed by atoms with Crippen molar-refractivity contribution < 1.29 is 0 Å². The predicted molar refractivity (Wildman–Crippen MR) is 94.7 cm³/mol. The fourth-order valence-corrected chi connectivity index (χ4v) is 4.88. The summed E-state index contributed by atoms with van der Waals surface area (Å²) in [5, 5.41) is 4.94. The summed E-state index contributed by atoms with van der Waals surface area (Å²) in [5.41, 5.74) is 2.39. The monoisotopic (exact) mass is 328 g/mol. The number of hydrogen-bond acceptors (Lipinski definition) is 4. The first-order valence-electron chi connectivity index (χ1n) is 7.56. The molecule has 0 saturated carbocycles. The molecule has 112 valence electrons. The highest BCUT2D eigenvalue weighted by Gasteiger charge is 2.18. The van der Waals surface area contributed by atoms with Crippen LogP contribution in [0, 0.1) is 0 Å². The van der Waals surface area contributed by atoms with Crippen LogP contribution < -0.4 is 5.56 Å². The second kappa shape index (κ2) is 5.82. The van der Waals surface area contributed by atoms with Gasteiger partial charge in [0.25, 0.3) is 5.56 Å². The summed E-state index contributed by atoms with van der Waals surface area (Å²) in [7, 11) is 0. The lowest BCUT2D eigenvalue weighted by Gasteiger charge is -1.98. The van der Waals surface area contributed by atoms with E-state index in [1.807, 2.05) is 23.6 Å². The lowest BCUT2D eigenvalue weighted by molar-refractivity contribution is 0.713. The van der Waals surface area contributed by atoms with Gasteiger partial charge in [-0.1, -0.05) is 12.5 Å². The second-order valence-electron chi connectivity index (χ2n) is 5.59. The van der Waals surface area contributed by atoms with Crippen LogP contribution in [0.5, 0.6) is 0 Å². The molecule has 3 aromatic rings. The van der Waals surface area contributed by atoms with Crippen LogP contribution in [0.25, 0.3) is 22.4 Å². The van der Waals surface area contributed by atoms with Gasteiger partial charge in [0.2, 0.25) is 0 Å². The van der Waals surface area contributed by atoms with Crippen molar-refractivity contribution in [2.45, 2.75) is 32.1 Å². The molecule has 0 bridgehead atoms. The Labute approximate surface area is 136 Å². The summed E-state index contributed by atoms with van der Waals surface area (Å²) >= 11 is 3.36. The summed E-state index contributed by atoms with van der Waals surface area (Å²) < 4.78 is 0. The minimum Gasteiger partial charge on any atom is -0.306 e. The molecular weight excluding hydrogens is 312 g/mol. The number of hydrogen-bond donors (Lipinski definition) is 1. The normalized spacial score (nSPS) is 15.3. The fraction of sp³-hybridized carbons (Fsp3) is 0.294. The first-order valence-corrected chi connectivity index (χ1v) is 9.32. The van der Waals surface area contributed by atoms with Gasteiger partial charge in [-0.2, -0.15) is 11.3 Å². The molecular formula is C17H16N2OS2. The highest BCUT2D eigenvalue weighted by atomic mass is 32.1. The Balaban J connectivity index is 1.79. The highest BCUT2D eigenvalue weighted by Crippen LogP contribution is 2.32. The van der Waals surface area contributed by atoms with Gasteiger partial charge in [0.15, 0.2) is 0 Å². The SMILES string of the molecule is O=c1[nH]c(C=Cc2ccsc2)nc2sc3c(c12)CCCCC3. The van der Waals surface area contributed by atoms with Gasteiger partial charge in [0, 0.05) is 4.88 Å². The molecule has 3 nitrogen and oxygen atoms in total. The molecule has 3 aromatic heterocycles. The molecule has 0 atom stereocenters. The number of thiophene rings is 2. The number of H-pyrrole nitrogens is 1. The molecule has 1 aliphatic rings. The van der Waals surface area contributed by atoms with Crippen LogP contribution in [0.15, 0.2) is 21.6 Å². The van der Waals surface area contributed by atoms with Crippen molar-refractivity contribution in [2.24, 2.45) is 0 Å². The molecule has 0 fully saturated rings. The molecule has 0 aromatic carbocycles. The molecule has 5 heteroatoms. The van der Waals surface area contributed by atoms with Crippen LogP contribution in [-0.4, -0.2) is 9.97 Å². The minimum atomic E-state index is 0.00867. The van der Waals surface area contributed by atoms with Crippen molar-refractivity contribution in [3.05, 3.63) is 49.0 Å². The van der Waals surface area contributed by atoms with Gasteiger partial charge >= 0.3 is 0 Å². The van der Waals surface area contributed by atoms with Crippen LogP contribution in [-0.2, 0) is 12.8 Å². The van der Waals surface area contributed by atoms with Crippen molar-refractivity contribution in [1.29, 1.82) is 0 Å². The lowest BCUT2D eigenvalue weighted by atomic mass is 10.1. The largest absolute Gasteiger partial charge is 0.306 e. The van der Waals surface area contributed by atoms with E-state index in [9.17, 15) is 4.79 Å². The summed E-state index contributed by atoms with van der Waals surface area (Å²) in [6, 6.07) is 2.05. The van der Waals surface area contributed by atoms with E-state index in [1.165, 1.54) is 29.7 Å². The molecule has 0 spiro atoms. The van der Waals surface area contributed by atoms with Gasteiger partial charge in [-0.05, 0) is 59.7 Å². The van der Waals surface area contributed by atoms with E-state index in [-0.39, 0.29) is 5.56 Å². The van der Waals surface area contributed by atoms with Gasteiger partial charge in [0.05, 0.1) is 5.39 Å². The van der Waals surface area contributed by atoms with E-state index in [2.05, 4.69) is 15.3 Å². The number of fused-ring (bicyclic) bond motifs is 3. The van der Waals surface area contributed by atoms with Gasteiger partial charge in [-0.15, -0.1) is 11.3 Å². The summed E-state index contributed by atoms with van der Waals surface area (Å²) in [6.45, 7) is 0. The van der Waals surface area contributed by atoms with Crippen molar-refractivity contribution in [3.63, 3.8) is 0 Å². The third-order valence-electron chi connectivity index (χ3n) is 4.07. The first-order chi connectivity index (χ1) is 10.8. The Morgan fingerprint density at radius 1 is 1.18 bits per heavy atom. The fourth-order valence-electron chi connectivity index (χ4n) is 2.98. The Kier molecular flexibility index (Phi) is 3.68. The van der Waals surface area contributed by atoms with E-state index in [4.69, 9.17) is 0 Å². The zero-order valence-electron chi connectivity index (χ0n) is 12.1. The molecule has 0 saturated heterocycles. The first kappa shape index (κ1) is 13.9. The zero-order valence-corrected chi connectivity index (χ0v) is 13.7. The number of aromatic nitrogens is 2. The maximum Gasteiger partial charge on any atom is 0.260 e. The maximum atomic E-state index is 12.5. The van der Waals surface area contributed by atoms with Crippen LogP contribution in [0.3, 0.4) is 0 Å². The third kappa shape index (κ3) is 2.55. The van der Waals surface area contributed by atoms with Crippen LogP contribution in [0.2, 0.25) is 0 Å². The average Bonchev–Trinajstić information content (AvgIpc) is 3.08. The molecule has 3 heterocycles. The Bertz CT molecular complexity index is 887. The molecule has 22 heavy (non-hydrogen) atoms. The van der Waals surface area contributed by atoms with E-state index in [0.29, 0.717) is 5.82 Å². The van der Waals surface area contributed by atoms with E-state index < -0.39 is 0 Å². The summed E-state index contributed by atoms with van der Waals surface area (Å²) in [5.74, 6) is 0.639. The van der Waals surface area contributed by atoms with Crippen molar-refractivity contribution in [2.75, 3.05) is 0 Å². The molecule has 4 rings (SSSR count). The number of nitrogens with zero attached hydrogens (tertiary/aromatic N) is 1. The standard InChI is InChI=1S/C17H16N2OS2/c20-16-15-12-4-2-1-3-5-13(12)22-17(15)19-14(18-16)7-6-11-8-9-21-10-11/h6-10H,1-5H2,(H,18,19,20). The lowest BCUT2D eigenvalue weighted by Crippen LogP contribution is -2.10. The molecule has 0 aliphatic heterocycles. The Hall–Kier alpha value is -1.72. The van der Waals surface area contributed by atoms with E-state index in [0.717, 1.165) is 28.6 Å². The minimum absolute atomic E-state index is 0.00867.